The molecule has 0 unspecified atom stereocenters. The van der Waals surface area contributed by atoms with E-state index < -0.39 is 10.1 Å². The summed E-state index contributed by atoms with van der Waals surface area (Å²) < 4.78 is 32.1. The Bertz CT molecular complexity index is 342. The van der Waals surface area contributed by atoms with E-state index in [1.54, 1.807) is 19.0 Å². The molecule has 9 heteroatoms. The molecule has 0 amide bonds. The molecule has 0 aromatic rings. The van der Waals surface area contributed by atoms with Crippen LogP contribution in [0.3, 0.4) is 0 Å². The Morgan fingerprint density at radius 1 is 1.62 bits per heavy atom. The second kappa shape index (κ2) is 7.47. The molecule has 7 nitrogen and oxygen atoms in total. The van der Waals surface area contributed by atoms with Crippen molar-refractivity contribution in [3.05, 3.63) is 0 Å². The molecule has 0 aromatic carbocycles. The molecule has 0 aliphatic rings. The molecule has 0 heterocycles. The van der Waals surface area contributed by atoms with E-state index in [0.29, 0.717) is 5.96 Å². The van der Waals surface area contributed by atoms with E-state index in [1.807, 2.05) is 0 Å². The van der Waals surface area contributed by atoms with Gasteiger partial charge in [0, 0.05) is 19.8 Å². The summed E-state index contributed by atoms with van der Waals surface area (Å²) in [6.45, 7) is 0.193. The van der Waals surface area contributed by atoms with Crippen molar-refractivity contribution in [1.29, 1.82) is 0 Å². The van der Waals surface area contributed by atoms with Crippen molar-refractivity contribution in [3.8, 4) is 0 Å². The maximum Gasteiger partial charge on any atom is 0.265 e. The van der Waals surface area contributed by atoms with Gasteiger partial charge in [-0.2, -0.15) is 8.42 Å². The van der Waals surface area contributed by atoms with Crippen molar-refractivity contribution in [2.24, 2.45) is 4.99 Å². The third kappa shape index (κ3) is 7.49. The first kappa shape index (κ1) is 15.2. The third-order valence-electron chi connectivity index (χ3n) is 1.53. The van der Waals surface area contributed by atoms with Crippen LogP contribution in [0.1, 0.15) is 0 Å². The molecule has 94 valence electrons. The summed E-state index contributed by atoms with van der Waals surface area (Å²) in [4.78, 5) is 15.7. The number of nitrogens with one attached hydrogen (secondary N) is 1. The summed E-state index contributed by atoms with van der Waals surface area (Å²) in [6, 6.07) is 0. The molecule has 0 radical (unpaired) electrons. The van der Waals surface area contributed by atoms with Gasteiger partial charge in [-0.15, -0.1) is 0 Å². The summed E-state index contributed by atoms with van der Waals surface area (Å²) in [5.41, 5.74) is 0. The van der Waals surface area contributed by atoms with Crippen LogP contribution in [0.5, 0.6) is 0 Å². The fourth-order valence-electron chi connectivity index (χ4n) is 0.755. The highest BCUT2D eigenvalue weighted by Crippen LogP contribution is 1.97. The lowest BCUT2D eigenvalue weighted by Gasteiger charge is -2.18. The Morgan fingerprint density at radius 2 is 2.25 bits per heavy atom. The van der Waals surface area contributed by atoms with Gasteiger partial charge in [0.05, 0.1) is 12.3 Å². The average Bonchev–Trinajstić information content (AvgIpc) is 2.16. The van der Waals surface area contributed by atoms with Crippen molar-refractivity contribution in [1.82, 2.24) is 9.62 Å². The Balaban J connectivity index is 3.94. The number of hydrogen-bond acceptors (Lipinski definition) is 5. The number of likely N-dealkylation sites (N-methyl/N-ethyl adjacent to an activating group) is 1. The maximum absolute atomic E-state index is 10.4. The lowest BCUT2D eigenvalue weighted by molar-refractivity contribution is -0.108. The molecule has 16 heavy (non-hydrogen) atoms. The lowest BCUT2D eigenvalue weighted by atomic mass is 10.6. The monoisotopic (exact) mass is 269 g/mol. The topological polar surface area (TPSA) is 99.1 Å². The number of rotatable bonds is 6. The van der Waals surface area contributed by atoms with Crippen LogP contribution in [0.2, 0.25) is 0 Å². The summed E-state index contributed by atoms with van der Waals surface area (Å²) >= 11 is 1.09. The fraction of sp³-hybridized carbons (Fsp3) is 0.714. The van der Waals surface area contributed by atoms with Crippen LogP contribution in [0.25, 0.3) is 0 Å². The summed E-state index contributed by atoms with van der Waals surface area (Å²) in [6.07, 6.45) is 0.732. The molecular formula is C7H15N3O4S2. The van der Waals surface area contributed by atoms with Crippen LogP contribution in [0.15, 0.2) is 4.99 Å². The van der Waals surface area contributed by atoms with E-state index in [2.05, 4.69) is 9.71 Å². The lowest BCUT2D eigenvalue weighted by Crippen LogP contribution is -2.36. The molecule has 0 saturated heterocycles. The SMILES string of the molecule is CN=C(NSCCS(=O)(=O)O)N(C)CC=O. The van der Waals surface area contributed by atoms with Gasteiger partial charge in [0.25, 0.3) is 10.1 Å². The van der Waals surface area contributed by atoms with Gasteiger partial charge < -0.3 is 14.4 Å². The highest BCUT2D eigenvalue weighted by atomic mass is 32.2. The predicted molar refractivity (Wildman–Crippen MR) is 64.1 cm³/mol. The first-order valence-corrected chi connectivity index (χ1v) is 6.94. The molecule has 0 saturated carbocycles. The van der Waals surface area contributed by atoms with Gasteiger partial charge in [-0.3, -0.25) is 9.55 Å². The summed E-state index contributed by atoms with van der Waals surface area (Å²) in [7, 11) is -0.707. The van der Waals surface area contributed by atoms with E-state index >= 15 is 0 Å². The Labute approximate surface area is 99.2 Å². The van der Waals surface area contributed by atoms with E-state index in [4.69, 9.17) is 4.55 Å². The minimum Gasteiger partial charge on any atom is -0.338 e. The zero-order valence-corrected chi connectivity index (χ0v) is 10.7. The van der Waals surface area contributed by atoms with Gasteiger partial charge in [0.1, 0.15) is 6.29 Å². The number of carbonyl (C=O) groups is 1. The molecular weight excluding hydrogens is 254 g/mol. The van der Waals surface area contributed by atoms with Crippen molar-refractivity contribution < 1.29 is 17.8 Å². The molecule has 0 fully saturated rings. The van der Waals surface area contributed by atoms with Crippen LogP contribution < -0.4 is 4.72 Å². The molecule has 0 aliphatic carbocycles. The normalized spacial score (nSPS) is 12.3. The van der Waals surface area contributed by atoms with Crippen molar-refractivity contribution in [2.75, 3.05) is 32.1 Å². The van der Waals surface area contributed by atoms with Gasteiger partial charge in [-0.1, -0.05) is 0 Å². The van der Waals surface area contributed by atoms with Crippen molar-refractivity contribution in [2.45, 2.75) is 0 Å². The summed E-state index contributed by atoms with van der Waals surface area (Å²) in [5, 5.41) is 0. The first-order valence-electron chi connectivity index (χ1n) is 4.35. The fourth-order valence-corrected chi connectivity index (χ4v) is 2.41. The van der Waals surface area contributed by atoms with Crippen LogP contribution >= 0.6 is 11.9 Å². The first-order chi connectivity index (χ1) is 7.40. The summed E-state index contributed by atoms with van der Waals surface area (Å²) in [5.74, 6) is 0.318. The van der Waals surface area contributed by atoms with Crippen LogP contribution in [-0.2, 0) is 14.9 Å². The minimum atomic E-state index is -3.93. The number of hydrogen-bond donors (Lipinski definition) is 2. The quantitative estimate of drug-likeness (QED) is 0.163. The minimum absolute atomic E-state index is 0.187. The Kier molecular flexibility index (Phi) is 7.10. The van der Waals surface area contributed by atoms with Gasteiger partial charge in [-0.05, 0) is 11.9 Å². The second-order valence-corrected chi connectivity index (χ2v) is 5.30. The van der Waals surface area contributed by atoms with Gasteiger partial charge >= 0.3 is 0 Å². The van der Waals surface area contributed by atoms with E-state index in [0.717, 1.165) is 18.2 Å². The predicted octanol–water partition coefficient (Wildman–Crippen LogP) is -0.771. The van der Waals surface area contributed by atoms with E-state index in [-0.39, 0.29) is 18.1 Å². The Morgan fingerprint density at radius 3 is 2.69 bits per heavy atom. The highest BCUT2D eigenvalue weighted by molar-refractivity contribution is 7.98. The smallest absolute Gasteiger partial charge is 0.265 e. The molecule has 0 aliphatic heterocycles. The molecule has 0 aromatic heterocycles. The van der Waals surface area contributed by atoms with Crippen LogP contribution in [-0.4, -0.2) is 62.3 Å². The average molecular weight is 269 g/mol. The largest absolute Gasteiger partial charge is 0.338 e. The second-order valence-electron chi connectivity index (χ2n) is 2.83. The standard InChI is InChI=1S/C7H15N3O4S2/c1-8-7(10(2)3-4-11)9-15-5-6-16(12,13)14/h4H,3,5-6H2,1-2H3,(H,8,9)(H,12,13,14). The van der Waals surface area contributed by atoms with Gasteiger partial charge in [-0.25, -0.2) is 0 Å². The van der Waals surface area contributed by atoms with Gasteiger partial charge in [0.2, 0.25) is 5.96 Å². The Hall–Kier alpha value is -0.800. The number of carbonyl (C=O) groups excluding carboxylic acids is 1. The van der Waals surface area contributed by atoms with Crippen molar-refractivity contribution >= 4 is 34.3 Å². The zero-order valence-electron chi connectivity index (χ0n) is 9.08. The van der Waals surface area contributed by atoms with E-state index in [1.165, 1.54) is 0 Å². The number of nitrogens with zero attached hydrogens (tertiary/aromatic N) is 2. The van der Waals surface area contributed by atoms with Gasteiger partial charge in [0.15, 0.2) is 0 Å². The van der Waals surface area contributed by atoms with Crippen LogP contribution in [0.4, 0.5) is 0 Å². The molecule has 0 atom stereocenters. The number of aldehydes is 1. The zero-order chi connectivity index (χ0) is 12.6. The molecule has 0 rings (SSSR count). The maximum atomic E-state index is 10.4. The van der Waals surface area contributed by atoms with Crippen molar-refractivity contribution in [3.63, 3.8) is 0 Å². The third-order valence-corrected chi connectivity index (χ3v) is 3.24. The molecule has 0 spiro atoms. The molecule has 2 N–H and O–H groups in total. The highest BCUT2D eigenvalue weighted by Gasteiger charge is 2.07. The number of aliphatic imine (C=N–C) groups is 1. The molecule has 0 bridgehead atoms. The number of guanidine groups is 1. The van der Waals surface area contributed by atoms with Crippen LogP contribution in [0, 0.1) is 0 Å². The van der Waals surface area contributed by atoms with E-state index in [9.17, 15) is 13.2 Å².